The Morgan fingerprint density at radius 3 is 2.73 bits per heavy atom. The Labute approximate surface area is 186 Å². The van der Waals surface area contributed by atoms with E-state index in [4.69, 9.17) is 11.6 Å². The van der Waals surface area contributed by atoms with Crippen LogP contribution in [0.3, 0.4) is 0 Å². The number of carbonyl (C=O) groups is 2. The molecule has 2 N–H and O–H groups in total. The number of benzene rings is 1. The summed E-state index contributed by atoms with van der Waals surface area (Å²) in [6.07, 6.45) is 7.13. The second-order valence-electron chi connectivity index (χ2n) is 8.03. The van der Waals surface area contributed by atoms with Crippen molar-refractivity contribution in [1.29, 1.82) is 0 Å². The van der Waals surface area contributed by atoms with Crippen LogP contribution in [0.15, 0.2) is 24.3 Å². The summed E-state index contributed by atoms with van der Waals surface area (Å²) in [5.74, 6) is 0.352. The first kappa shape index (κ1) is 22.7. The smallest absolute Gasteiger partial charge is 0.249 e. The third-order valence-corrected chi connectivity index (χ3v) is 6.92. The van der Waals surface area contributed by atoms with Crippen molar-refractivity contribution >= 4 is 39.9 Å². The maximum atomic E-state index is 12.9. The molecule has 0 bridgehead atoms. The van der Waals surface area contributed by atoms with Crippen LogP contribution in [-0.2, 0) is 9.59 Å². The summed E-state index contributed by atoms with van der Waals surface area (Å²) in [5, 5.41) is 15.7. The molecule has 0 spiro atoms. The van der Waals surface area contributed by atoms with Crippen LogP contribution in [-0.4, -0.2) is 28.1 Å². The first-order chi connectivity index (χ1) is 14.5. The van der Waals surface area contributed by atoms with Gasteiger partial charge in [-0.3, -0.25) is 14.9 Å². The standard InChI is InChI=1S/C22H29ClN4O2S/c1-3-14(2)19(24-18(28)12-11-15-7-4-5-8-15)20(29)25-22-27-26-21(30-22)16-9-6-10-17(23)13-16/h6,9-10,13-15,19H,3-5,7-8,11-12H2,1-2H3,(H,24,28)(H,25,27,29). The van der Waals surface area contributed by atoms with Gasteiger partial charge in [-0.25, -0.2) is 0 Å². The highest BCUT2D eigenvalue weighted by Gasteiger charge is 2.27. The van der Waals surface area contributed by atoms with Gasteiger partial charge in [0, 0.05) is 17.0 Å². The number of nitrogens with one attached hydrogen (secondary N) is 2. The molecule has 1 saturated carbocycles. The Morgan fingerprint density at radius 1 is 1.27 bits per heavy atom. The van der Waals surface area contributed by atoms with Crippen LogP contribution in [0.4, 0.5) is 5.13 Å². The average Bonchev–Trinajstić information content (AvgIpc) is 3.42. The van der Waals surface area contributed by atoms with E-state index >= 15 is 0 Å². The molecule has 1 aromatic carbocycles. The Bertz CT molecular complexity index is 866. The van der Waals surface area contributed by atoms with Crippen LogP contribution in [0.1, 0.15) is 58.8 Å². The van der Waals surface area contributed by atoms with E-state index in [2.05, 4.69) is 20.8 Å². The van der Waals surface area contributed by atoms with Crippen LogP contribution in [0.25, 0.3) is 10.6 Å². The van der Waals surface area contributed by atoms with Gasteiger partial charge in [-0.1, -0.05) is 81.0 Å². The molecule has 1 aliphatic rings. The highest BCUT2D eigenvalue weighted by Crippen LogP contribution is 2.29. The fourth-order valence-corrected chi connectivity index (χ4v) is 4.71. The maximum absolute atomic E-state index is 12.9. The lowest BCUT2D eigenvalue weighted by Crippen LogP contribution is -2.47. The molecule has 3 rings (SSSR count). The molecule has 1 fully saturated rings. The number of rotatable bonds is 9. The number of hydrogen-bond acceptors (Lipinski definition) is 5. The fraction of sp³-hybridized carbons (Fsp3) is 0.545. The van der Waals surface area contributed by atoms with Gasteiger partial charge >= 0.3 is 0 Å². The number of aromatic nitrogens is 2. The normalized spacial score (nSPS) is 16.2. The molecule has 2 aromatic rings. The highest BCUT2D eigenvalue weighted by molar-refractivity contribution is 7.18. The number of amides is 2. The van der Waals surface area contributed by atoms with Crippen molar-refractivity contribution in [3.8, 4) is 10.6 Å². The predicted octanol–water partition coefficient (Wildman–Crippen LogP) is 5.30. The van der Waals surface area contributed by atoms with Gasteiger partial charge in [-0.2, -0.15) is 0 Å². The molecule has 0 saturated heterocycles. The van der Waals surface area contributed by atoms with Crippen molar-refractivity contribution in [3.63, 3.8) is 0 Å². The summed E-state index contributed by atoms with van der Waals surface area (Å²) < 4.78 is 0. The Kier molecular flexibility index (Phi) is 8.22. The Hall–Kier alpha value is -1.99. The first-order valence-electron chi connectivity index (χ1n) is 10.7. The van der Waals surface area contributed by atoms with Gasteiger partial charge in [-0.15, -0.1) is 10.2 Å². The van der Waals surface area contributed by atoms with Gasteiger partial charge in [0.2, 0.25) is 16.9 Å². The molecule has 8 heteroatoms. The van der Waals surface area contributed by atoms with E-state index in [1.165, 1.54) is 37.0 Å². The molecule has 6 nitrogen and oxygen atoms in total. The maximum Gasteiger partial charge on any atom is 0.249 e. The Balaban J connectivity index is 1.60. The highest BCUT2D eigenvalue weighted by atomic mass is 35.5. The van der Waals surface area contributed by atoms with Crippen LogP contribution in [0, 0.1) is 11.8 Å². The van der Waals surface area contributed by atoms with E-state index in [-0.39, 0.29) is 17.7 Å². The van der Waals surface area contributed by atoms with Crippen molar-refractivity contribution in [3.05, 3.63) is 29.3 Å². The third-order valence-electron chi connectivity index (χ3n) is 5.79. The van der Waals surface area contributed by atoms with E-state index in [0.717, 1.165) is 18.4 Å². The largest absolute Gasteiger partial charge is 0.344 e. The van der Waals surface area contributed by atoms with E-state index in [1.54, 1.807) is 12.1 Å². The SMILES string of the molecule is CCC(C)C(NC(=O)CCC1CCCC1)C(=O)Nc1nnc(-c2cccc(Cl)c2)s1. The minimum atomic E-state index is -0.593. The van der Waals surface area contributed by atoms with Crippen LogP contribution in [0.2, 0.25) is 5.02 Å². The number of carbonyl (C=O) groups excluding carboxylic acids is 2. The number of nitrogens with zero attached hydrogens (tertiary/aromatic N) is 2. The van der Waals surface area contributed by atoms with E-state index < -0.39 is 6.04 Å². The first-order valence-corrected chi connectivity index (χ1v) is 11.9. The molecule has 2 unspecified atom stereocenters. The summed E-state index contributed by atoms with van der Waals surface area (Å²) >= 11 is 7.32. The summed E-state index contributed by atoms with van der Waals surface area (Å²) in [5.41, 5.74) is 0.846. The Morgan fingerprint density at radius 2 is 2.03 bits per heavy atom. The average molecular weight is 449 g/mol. The zero-order valence-corrected chi connectivity index (χ0v) is 19.1. The van der Waals surface area contributed by atoms with Crippen LogP contribution >= 0.6 is 22.9 Å². The molecule has 1 aliphatic carbocycles. The van der Waals surface area contributed by atoms with Gasteiger partial charge in [0.05, 0.1) is 0 Å². The lowest BCUT2D eigenvalue weighted by atomic mass is 9.97. The van der Waals surface area contributed by atoms with Crippen molar-refractivity contribution in [2.24, 2.45) is 11.8 Å². The van der Waals surface area contributed by atoms with Crippen molar-refractivity contribution in [2.75, 3.05) is 5.32 Å². The quantitative estimate of drug-likeness (QED) is 0.545. The number of hydrogen-bond donors (Lipinski definition) is 2. The van der Waals surface area contributed by atoms with Crippen molar-refractivity contribution in [1.82, 2.24) is 15.5 Å². The minimum absolute atomic E-state index is 0.0146. The van der Waals surface area contributed by atoms with E-state index in [0.29, 0.717) is 27.5 Å². The monoisotopic (exact) mass is 448 g/mol. The molecule has 1 heterocycles. The second-order valence-corrected chi connectivity index (χ2v) is 9.45. The molecule has 2 atom stereocenters. The summed E-state index contributed by atoms with van der Waals surface area (Å²) in [6.45, 7) is 3.98. The van der Waals surface area contributed by atoms with Crippen molar-refractivity contribution in [2.45, 2.75) is 64.8 Å². The van der Waals surface area contributed by atoms with E-state index in [9.17, 15) is 9.59 Å². The van der Waals surface area contributed by atoms with Gasteiger partial charge in [0.25, 0.3) is 0 Å². The fourth-order valence-electron chi connectivity index (χ4n) is 3.78. The van der Waals surface area contributed by atoms with Gasteiger partial charge < -0.3 is 5.32 Å². The zero-order chi connectivity index (χ0) is 21.5. The summed E-state index contributed by atoms with van der Waals surface area (Å²) in [4.78, 5) is 25.4. The molecule has 2 amide bonds. The van der Waals surface area contributed by atoms with Crippen LogP contribution < -0.4 is 10.6 Å². The number of anilines is 1. The number of halogens is 1. The van der Waals surface area contributed by atoms with Gasteiger partial charge in [-0.05, 0) is 30.4 Å². The zero-order valence-electron chi connectivity index (χ0n) is 17.5. The second kappa shape index (κ2) is 10.9. The minimum Gasteiger partial charge on any atom is -0.344 e. The lowest BCUT2D eigenvalue weighted by Gasteiger charge is -2.23. The van der Waals surface area contributed by atoms with E-state index in [1.807, 2.05) is 26.0 Å². The topological polar surface area (TPSA) is 84.0 Å². The molecule has 0 aliphatic heterocycles. The molecular formula is C22H29ClN4O2S. The summed E-state index contributed by atoms with van der Waals surface area (Å²) in [7, 11) is 0. The lowest BCUT2D eigenvalue weighted by molar-refractivity contribution is -0.127. The van der Waals surface area contributed by atoms with Crippen LogP contribution in [0.5, 0.6) is 0 Å². The van der Waals surface area contributed by atoms with Gasteiger partial charge in [0.15, 0.2) is 0 Å². The molecule has 30 heavy (non-hydrogen) atoms. The predicted molar refractivity (Wildman–Crippen MR) is 122 cm³/mol. The van der Waals surface area contributed by atoms with Gasteiger partial charge in [0.1, 0.15) is 11.0 Å². The summed E-state index contributed by atoms with van der Waals surface area (Å²) in [6, 6.07) is 6.74. The van der Waals surface area contributed by atoms with Crippen molar-refractivity contribution < 1.29 is 9.59 Å². The molecule has 162 valence electrons. The molecule has 1 aromatic heterocycles. The molecular weight excluding hydrogens is 420 g/mol. The third kappa shape index (κ3) is 6.25. The molecule has 0 radical (unpaired) electrons.